The van der Waals surface area contributed by atoms with E-state index in [2.05, 4.69) is 16.7 Å². The van der Waals surface area contributed by atoms with Gasteiger partial charge in [0.2, 0.25) is 0 Å². The van der Waals surface area contributed by atoms with Gasteiger partial charge in [-0.2, -0.15) is 0 Å². The molecule has 3 aromatic heterocycles. The van der Waals surface area contributed by atoms with Crippen molar-refractivity contribution in [1.82, 2.24) is 34.5 Å². The molecule has 0 atom stereocenters. The van der Waals surface area contributed by atoms with E-state index in [1.807, 2.05) is 237 Å². The Labute approximate surface area is 448 Å². The molecule has 0 unspecified atom stereocenters. The minimum absolute atomic E-state index is 0.300. The molecule has 0 saturated heterocycles. The summed E-state index contributed by atoms with van der Waals surface area (Å²) in [5.41, 5.74) is 11.7. The average molecular weight is 1000 g/mol. The molecule has 0 N–H and O–H groups in total. The Morgan fingerprint density at radius 2 is 0.628 bits per heavy atom. The maximum Gasteiger partial charge on any atom is 0.268 e. The number of carbonyl (C=O) groups excluding carboxylic acids is 2. The summed E-state index contributed by atoms with van der Waals surface area (Å²) in [5, 5.41) is 1.70. The maximum absolute atomic E-state index is 15.5. The fourth-order valence-electron chi connectivity index (χ4n) is 10.5. The molecule has 10 aromatic carbocycles. The van der Waals surface area contributed by atoms with Crippen LogP contribution in [0.25, 0.3) is 118 Å². The first-order valence-corrected chi connectivity index (χ1v) is 25.6. The number of hydrogen-bond acceptors (Lipinski definition) is 8. The summed E-state index contributed by atoms with van der Waals surface area (Å²) in [4.78, 5) is 62.3. The lowest BCUT2D eigenvalue weighted by molar-refractivity contribution is 0.0926. The fourth-order valence-corrected chi connectivity index (χ4v) is 10.5. The Morgan fingerprint density at radius 3 is 1.05 bits per heavy atom. The van der Waals surface area contributed by atoms with Crippen molar-refractivity contribution in [1.29, 1.82) is 0 Å². The number of amides is 2. The van der Waals surface area contributed by atoms with Crippen molar-refractivity contribution in [2.45, 2.75) is 0 Å². The highest BCUT2D eigenvalue weighted by atomic mass is 16.2. The third kappa shape index (κ3) is 8.08. The van der Waals surface area contributed by atoms with Crippen LogP contribution in [0.5, 0.6) is 0 Å². The van der Waals surface area contributed by atoms with Crippen LogP contribution in [-0.4, -0.2) is 46.3 Å². The Morgan fingerprint density at radius 1 is 0.256 bits per heavy atom. The highest BCUT2D eigenvalue weighted by Crippen LogP contribution is 2.43. The molecule has 4 heterocycles. The van der Waals surface area contributed by atoms with Crippen LogP contribution in [0.1, 0.15) is 20.7 Å². The Kier molecular flexibility index (Phi) is 11.2. The van der Waals surface area contributed by atoms with E-state index in [0.29, 0.717) is 57.4 Å². The largest absolute Gasteiger partial charge is 0.308 e. The first-order chi connectivity index (χ1) is 38.5. The van der Waals surface area contributed by atoms with E-state index in [1.165, 1.54) is 4.90 Å². The lowest BCUT2D eigenvalue weighted by Crippen LogP contribution is -2.30. The number of anilines is 1. The Hall–Kier alpha value is -10.8. The Balaban J connectivity index is 0.983. The van der Waals surface area contributed by atoms with Crippen molar-refractivity contribution in [3.63, 3.8) is 0 Å². The van der Waals surface area contributed by atoms with Gasteiger partial charge in [-0.1, -0.05) is 200 Å². The molecule has 13 aromatic rings. The molecule has 0 aliphatic carbocycles. The zero-order chi connectivity index (χ0) is 52.1. The van der Waals surface area contributed by atoms with Gasteiger partial charge in [0.15, 0.2) is 34.9 Å². The van der Waals surface area contributed by atoms with Gasteiger partial charge in [-0.25, -0.2) is 34.8 Å². The predicted octanol–water partition coefficient (Wildman–Crippen LogP) is 15.3. The summed E-state index contributed by atoms with van der Waals surface area (Å²) < 4.78 is 2.08. The van der Waals surface area contributed by atoms with Gasteiger partial charge in [-0.05, 0) is 71.3 Å². The normalized spacial score (nSPS) is 12.1. The summed E-state index contributed by atoms with van der Waals surface area (Å²) in [5.74, 6) is 2.32. The molecule has 78 heavy (non-hydrogen) atoms. The number of nitrogens with zero attached hydrogens (tertiary/aromatic N) is 8. The second-order valence-corrected chi connectivity index (χ2v) is 19.0. The van der Waals surface area contributed by atoms with Crippen molar-refractivity contribution < 1.29 is 9.59 Å². The molecule has 1 aliphatic heterocycles. The van der Waals surface area contributed by atoms with Crippen molar-refractivity contribution >= 4 is 39.3 Å². The predicted molar refractivity (Wildman–Crippen MR) is 309 cm³/mol. The van der Waals surface area contributed by atoms with E-state index in [4.69, 9.17) is 29.9 Å². The van der Waals surface area contributed by atoms with Gasteiger partial charge in [-0.15, -0.1) is 0 Å². The van der Waals surface area contributed by atoms with Gasteiger partial charge in [0, 0.05) is 49.7 Å². The van der Waals surface area contributed by atoms with E-state index >= 15 is 9.59 Å². The number of imide groups is 1. The van der Waals surface area contributed by atoms with Crippen LogP contribution in [-0.2, 0) is 0 Å². The van der Waals surface area contributed by atoms with Crippen LogP contribution in [0.3, 0.4) is 0 Å². The van der Waals surface area contributed by atoms with Crippen molar-refractivity contribution in [3.05, 3.63) is 266 Å². The van der Waals surface area contributed by atoms with Crippen molar-refractivity contribution in [3.8, 4) is 96.3 Å². The first kappa shape index (κ1) is 45.7. The third-order valence-electron chi connectivity index (χ3n) is 14.2. The van der Waals surface area contributed by atoms with E-state index in [1.54, 1.807) is 6.07 Å². The van der Waals surface area contributed by atoms with E-state index < -0.39 is 11.8 Å². The van der Waals surface area contributed by atoms with Gasteiger partial charge in [-0.3, -0.25) is 9.59 Å². The summed E-state index contributed by atoms with van der Waals surface area (Å²) in [6, 6.07) is 83.2. The fraction of sp³-hybridized carbons (Fsp3) is 0. The zero-order valence-electron chi connectivity index (χ0n) is 41.6. The molecule has 366 valence electrons. The highest BCUT2D eigenvalue weighted by molar-refractivity contribution is 6.36. The second-order valence-electron chi connectivity index (χ2n) is 19.0. The third-order valence-corrected chi connectivity index (χ3v) is 14.2. The van der Waals surface area contributed by atoms with E-state index in [-0.39, 0.29) is 0 Å². The van der Waals surface area contributed by atoms with Crippen molar-refractivity contribution in [2.24, 2.45) is 0 Å². The van der Waals surface area contributed by atoms with Crippen LogP contribution in [0.15, 0.2) is 255 Å². The molecule has 0 bridgehead atoms. The quantitative estimate of drug-likeness (QED) is 0.124. The highest BCUT2D eigenvalue weighted by Gasteiger charge is 2.40. The molecule has 14 rings (SSSR count). The first-order valence-electron chi connectivity index (χ1n) is 25.6. The van der Waals surface area contributed by atoms with Gasteiger partial charge in [0.1, 0.15) is 0 Å². The molecular weight excluding hydrogens is 961 g/mol. The molecule has 10 nitrogen and oxygen atoms in total. The molecule has 10 heteroatoms. The lowest BCUT2D eigenvalue weighted by atomic mass is 9.97. The van der Waals surface area contributed by atoms with Gasteiger partial charge < -0.3 is 4.57 Å². The van der Waals surface area contributed by atoms with Crippen LogP contribution in [0, 0.1) is 0 Å². The lowest BCUT2D eigenvalue weighted by Gasteiger charge is -2.20. The zero-order valence-corrected chi connectivity index (χ0v) is 41.6. The summed E-state index contributed by atoms with van der Waals surface area (Å²) in [6.45, 7) is 0. The van der Waals surface area contributed by atoms with Gasteiger partial charge >= 0.3 is 0 Å². The number of aromatic nitrogens is 7. The number of hydrogen-bond donors (Lipinski definition) is 0. The molecular formula is C68H42N8O2. The molecule has 1 aliphatic rings. The van der Waals surface area contributed by atoms with E-state index in [9.17, 15) is 0 Å². The summed E-state index contributed by atoms with van der Waals surface area (Å²) in [6.07, 6.45) is 0. The van der Waals surface area contributed by atoms with Crippen LogP contribution in [0.4, 0.5) is 5.69 Å². The summed E-state index contributed by atoms with van der Waals surface area (Å²) in [7, 11) is 0. The average Bonchev–Trinajstić information content (AvgIpc) is 4.11. The number of carbonyl (C=O) groups is 2. The summed E-state index contributed by atoms with van der Waals surface area (Å²) >= 11 is 0. The smallest absolute Gasteiger partial charge is 0.268 e. The molecule has 0 spiro atoms. The minimum atomic E-state index is -0.421. The van der Waals surface area contributed by atoms with Gasteiger partial charge in [0.25, 0.3) is 11.8 Å². The SMILES string of the molecule is O=C1c2cccc(-n3c4ccc(-c5nc(-c6ccccc6)nc(-c6ccccc6)n5)cc4c4cc(-c5nc(-c6ccccc6)nc(-c6ccccc6)n5)ccc43)c2C(=O)N1c1cc(-c2ccccc2)ccc1-c1ccccc1. The number of benzene rings is 10. The van der Waals surface area contributed by atoms with Gasteiger partial charge in [0.05, 0.1) is 33.5 Å². The maximum atomic E-state index is 15.5. The molecule has 0 saturated carbocycles. The topological polar surface area (TPSA) is 120 Å². The molecule has 2 amide bonds. The standard InChI is InChI=1S/C68H42N8O2/c77-67-53-32-19-33-58(60(53)68(78)76(67)59-42-49(43-20-7-1-8-21-43)34-37-52(59)44-22-9-2-10-23-44)75-56-38-35-50(65-71-61(45-24-11-3-12-25-45)69-62(72-65)46-26-13-4-14-27-46)40-54(56)55-41-51(36-39-57(55)75)66-73-63(47-28-15-5-16-29-47)70-64(74-66)48-30-17-6-18-31-48/h1-42H. The number of rotatable bonds is 10. The van der Waals surface area contributed by atoms with E-state index in [0.717, 1.165) is 77.4 Å². The second kappa shape index (κ2) is 19.1. The van der Waals surface area contributed by atoms with Crippen LogP contribution in [0.2, 0.25) is 0 Å². The van der Waals surface area contributed by atoms with Crippen LogP contribution < -0.4 is 4.90 Å². The van der Waals surface area contributed by atoms with Crippen LogP contribution >= 0.6 is 0 Å². The van der Waals surface area contributed by atoms with Crippen molar-refractivity contribution in [2.75, 3.05) is 4.90 Å². The molecule has 0 fully saturated rings. The molecule has 0 radical (unpaired) electrons. The Bertz CT molecular complexity index is 4160. The minimum Gasteiger partial charge on any atom is -0.308 e. The monoisotopic (exact) mass is 1000 g/mol. The number of fused-ring (bicyclic) bond motifs is 4.